The number of carbonyl (C=O) groups is 1. The zero-order chi connectivity index (χ0) is 21.0. The fourth-order valence-corrected chi connectivity index (χ4v) is 3.78. The predicted molar refractivity (Wildman–Crippen MR) is 120 cm³/mol. The number of hydrogen-bond donors (Lipinski definition) is 1. The van der Waals surface area contributed by atoms with Crippen molar-refractivity contribution in [2.45, 2.75) is 6.61 Å². The number of pyridine rings is 1. The summed E-state index contributed by atoms with van der Waals surface area (Å²) in [5, 5.41) is 9.76. The Morgan fingerprint density at radius 2 is 1.87 bits per heavy atom. The highest BCUT2D eigenvalue weighted by Gasteiger charge is 2.12. The summed E-state index contributed by atoms with van der Waals surface area (Å²) >= 11 is 1.56. The number of amides is 1. The molecule has 1 N–H and O–H groups in total. The Morgan fingerprint density at radius 3 is 2.71 bits per heavy atom. The lowest BCUT2D eigenvalue weighted by Crippen LogP contribution is -2.11. The van der Waals surface area contributed by atoms with Crippen molar-refractivity contribution in [3.63, 3.8) is 0 Å². The molecule has 5 aromatic rings. The van der Waals surface area contributed by atoms with Gasteiger partial charge in [-0.2, -0.15) is 0 Å². The molecule has 0 radical (unpaired) electrons. The van der Waals surface area contributed by atoms with E-state index >= 15 is 0 Å². The van der Waals surface area contributed by atoms with Crippen molar-refractivity contribution in [2.24, 2.45) is 0 Å². The van der Waals surface area contributed by atoms with Gasteiger partial charge in [-0.05, 0) is 47.8 Å². The van der Waals surface area contributed by atoms with Gasteiger partial charge in [-0.15, -0.1) is 11.3 Å². The lowest BCUT2D eigenvalue weighted by molar-refractivity contribution is 0.102. The summed E-state index contributed by atoms with van der Waals surface area (Å²) in [7, 11) is 0. The van der Waals surface area contributed by atoms with Crippen molar-refractivity contribution in [1.82, 2.24) is 10.1 Å². The molecule has 0 aliphatic rings. The molecule has 0 unspecified atom stereocenters. The third-order valence-corrected chi connectivity index (χ3v) is 5.57. The molecular weight excluding hydrogens is 410 g/mol. The first-order chi connectivity index (χ1) is 15.2. The van der Waals surface area contributed by atoms with Gasteiger partial charge in [0.1, 0.15) is 18.1 Å². The van der Waals surface area contributed by atoms with Crippen molar-refractivity contribution in [1.29, 1.82) is 0 Å². The van der Waals surface area contributed by atoms with Crippen LogP contribution in [0.25, 0.3) is 21.5 Å². The van der Waals surface area contributed by atoms with Crippen LogP contribution >= 0.6 is 11.3 Å². The van der Waals surface area contributed by atoms with Crippen molar-refractivity contribution in [3.8, 4) is 16.3 Å². The molecule has 0 saturated carbocycles. The van der Waals surface area contributed by atoms with E-state index in [1.54, 1.807) is 41.7 Å². The second kappa shape index (κ2) is 8.41. The van der Waals surface area contributed by atoms with Crippen molar-refractivity contribution in [3.05, 3.63) is 95.5 Å². The molecular formula is C24H17N3O3S. The Balaban J connectivity index is 1.20. The summed E-state index contributed by atoms with van der Waals surface area (Å²) in [5.41, 5.74) is 2.96. The summed E-state index contributed by atoms with van der Waals surface area (Å²) < 4.78 is 11.0. The minimum Gasteiger partial charge on any atom is -0.487 e. The van der Waals surface area contributed by atoms with Gasteiger partial charge in [-0.3, -0.25) is 10.1 Å². The van der Waals surface area contributed by atoms with Gasteiger partial charge in [0.2, 0.25) is 5.88 Å². The average molecular weight is 427 g/mol. The van der Waals surface area contributed by atoms with Gasteiger partial charge in [-0.25, -0.2) is 4.98 Å². The molecule has 2 aromatic carbocycles. The molecule has 0 fully saturated rings. The number of rotatable bonds is 6. The van der Waals surface area contributed by atoms with E-state index in [9.17, 15) is 4.79 Å². The number of hydrogen-bond acceptors (Lipinski definition) is 6. The molecule has 1 amide bonds. The summed E-state index contributed by atoms with van der Waals surface area (Å²) in [4.78, 5) is 18.1. The van der Waals surface area contributed by atoms with E-state index in [1.165, 1.54) is 0 Å². The van der Waals surface area contributed by atoms with Gasteiger partial charge in [0.05, 0.1) is 16.1 Å². The van der Waals surface area contributed by atoms with Crippen LogP contribution in [-0.4, -0.2) is 16.0 Å². The van der Waals surface area contributed by atoms with E-state index in [-0.39, 0.29) is 5.91 Å². The molecule has 0 spiro atoms. The number of benzene rings is 2. The van der Waals surface area contributed by atoms with Crippen molar-refractivity contribution >= 4 is 34.0 Å². The third-order valence-electron chi connectivity index (χ3n) is 4.68. The maximum Gasteiger partial charge on any atom is 0.258 e. The average Bonchev–Trinajstić information content (AvgIpc) is 3.50. The maximum atomic E-state index is 12.5. The predicted octanol–water partition coefficient (Wildman–Crippen LogP) is 5.78. The fourth-order valence-electron chi connectivity index (χ4n) is 3.11. The zero-order valence-electron chi connectivity index (χ0n) is 16.3. The molecule has 3 heterocycles. The van der Waals surface area contributed by atoms with E-state index in [2.05, 4.69) is 15.5 Å². The molecule has 5 rings (SSSR count). The van der Waals surface area contributed by atoms with Crippen LogP contribution in [0.5, 0.6) is 5.75 Å². The number of fused-ring (bicyclic) bond motifs is 1. The van der Waals surface area contributed by atoms with Crippen LogP contribution in [0.3, 0.4) is 0 Å². The van der Waals surface area contributed by atoms with E-state index < -0.39 is 0 Å². The number of anilines is 1. The minimum atomic E-state index is -0.281. The normalized spacial score (nSPS) is 10.8. The Kier molecular flexibility index (Phi) is 5.16. The first-order valence-electron chi connectivity index (χ1n) is 9.64. The van der Waals surface area contributed by atoms with Crippen LogP contribution in [0.15, 0.2) is 88.8 Å². The topological polar surface area (TPSA) is 77.2 Å². The van der Waals surface area contributed by atoms with Gasteiger partial charge in [0.25, 0.3) is 5.91 Å². The van der Waals surface area contributed by atoms with Gasteiger partial charge < -0.3 is 9.26 Å². The zero-order valence-corrected chi connectivity index (χ0v) is 17.1. The minimum absolute atomic E-state index is 0.281. The van der Waals surface area contributed by atoms with Crippen molar-refractivity contribution in [2.75, 3.05) is 5.32 Å². The summed E-state index contributed by atoms with van der Waals surface area (Å²) in [6.07, 6.45) is 0. The summed E-state index contributed by atoms with van der Waals surface area (Å²) in [6.45, 7) is 0.347. The third kappa shape index (κ3) is 4.31. The number of thiophene rings is 1. The number of aromatic nitrogens is 2. The highest BCUT2D eigenvalue weighted by atomic mass is 32.1. The Morgan fingerprint density at radius 1 is 1.00 bits per heavy atom. The van der Waals surface area contributed by atoms with E-state index in [1.807, 2.05) is 53.9 Å². The molecule has 31 heavy (non-hydrogen) atoms. The van der Waals surface area contributed by atoms with Crippen LogP contribution in [-0.2, 0) is 6.61 Å². The number of para-hydroxylation sites is 1. The molecule has 0 aliphatic carbocycles. The smallest absolute Gasteiger partial charge is 0.258 e. The summed E-state index contributed by atoms with van der Waals surface area (Å²) in [5.74, 6) is 0.680. The maximum absolute atomic E-state index is 12.5. The largest absolute Gasteiger partial charge is 0.487 e. The lowest BCUT2D eigenvalue weighted by Gasteiger charge is -2.07. The number of nitrogens with zero attached hydrogens (tertiary/aromatic N) is 2. The highest BCUT2D eigenvalue weighted by Crippen LogP contribution is 2.26. The van der Waals surface area contributed by atoms with Crippen LogP contribution in [0, 0.1) is 0 Å². The molecule has 0 saturated heterocycles. The van der Waals surface area contributed by atoms with Gasteiger partial charge in [0.15, 0.2) is 0 Å². The van der Waals surface area contributed by atoms with Gasteiger partial charge >= 0.3 is 0 Å². The molecule has 0 aliphatic heterocycles. The van der Waals surface area contributed by atoms with Gasteiger partial charge in [-0.1, -0.05) is 35.5 Å². The molecule has 0 bridgehead atoms. The van der Waals surface area contributed by atoms with Crippen molar-refractivity contribution < 1.29 is 14.1 Å². The van der Waals surface area contributed by atoms with E-state index in [0.717, 1.165) is 21.5 Å². The quantitative estimate of drug-likeness (QED) is 0.371. The first-order valence-corrected chi connectivity index (χ1v) is 10.5. The van der Waals surface area contributed by atoms with E-state index in [0.29, 0.717) is 29.5 Å². The Labute approximate surface area is 182 Å². The van der Waals surface area contributed by atoms with E-state index in [4.69, 9.17) is 9.26 Å². The SMILES string of the molecule is O=C(Nc1cc(-c2cccs2)no1)c1ccc(OCc2ccc3ccccc3n2)cc1. The standard InChI is InChI=1S/C24H17N3O3S/c28-24(26-23-14-21(27-30-23)22-6-3-13-31-22)17-8-11-19(12-9-17)29-15-18-10-7-16-4-1-2-5-20(16)25-18/h1-14H,15H2,(H,26,28). The number of nitrogens with one attached hydrogen (secondary N) is 1. The van der Waals surface area contributed by atoms with Crippen LogP contribution in [0.2, 0.25) is 0 Å². The molecule has 0 atom stereocenters. The Hall–Kier alpha value is -3.97. The fraction of sp³-hybridized carbons (Fsp3) is 0.0417. The molecule has 152 valence electrons. The highest BCUT2D eigenvalue weighted by molar-refractivity contribution is 7.13. The van der Waals surface area contributed by atoms with Gasteiger partial charge in [0, 0.05) is 17.0 Å². The number of carbonyl (C=O) groups excluding carboxylic acids is 1. The number of ether oxygens (including phenoxy) is 1. The molecule has 6 nitrogen and oxygen atoms in total. The molecule has 7 heteroatoms. The van der Waals surface area contributed by atoms with Crippen LogP contribution in [0.4, 0.5) is 5.88 Å². The Bertz CT molecular complexity index is 1330. The monoisotopic (exact) mass is 427 g/mol. The lowest BCUT2D eigenvalue weighted by atomic mass is 10.2. The van der Waals surface area contributed by atoms with Crippen LogP contribution < -0.4 is 10.1 Å². The second-order valence-electron chi connectivity index (χ2n) is 6.82. The summed E-state index contributed by atoms with van der Waals surface area (Å²) in [6, 6.07) is 24.4. The second-order valence-corrected chi connectivity index (χ2v) is 7.76. The molecule has 3 aromatic heterocycles. The first kappa shape index (κ1) is 19.0. The van der Waals surface area contributed by atoms with Crippen LogP contribution in [0.1, 0.15) is 16.1 Å².